The van der Waals surface area contributed by atoms with Gasteiger partial charge in [0, 0.05) is 18.7 Å². The molecule has 27 heavy (non-hydrogen) atoms. The monoisotopic (exact) mass is 377 g/mol. The highest BCUT2D eigenvalue weighted by atomic mass is 19.1. The first-order valence-corrected chi connectivity index (χ1v) is 8.48. The van der Waals surface area contributed by atoms with Crippen molar-refractivity contribution in [1.29, 1.82) is 0 Å². The summed E-state index contributed by atoms with van der Waals surface area (Å²) in [6.45, 7) is 1.29. The molecular formula is C19H17F2NO5. The van der Waals surface area contributed by atoms with Crippen LogP contribution in [-0.2, 0) is 4.74 Å². The first-order valence-electron chi connectivity index (χ1n) is 8.48. The predicted molar refractivity (Wildman–Crippen MR) is 90.1 cm³/mol. The molecule has 0 aromatic heterocycles. The van der Waals surface area contributed by atoms with Crippen molar-refractivity contribution in [2.45, 2.75) is 6.10 Å². The van der Waals surface area contributed by atoms with E-state index in [0.717, 1.165) is 12.1 Å². The Kier molecular flexibility index (Phi) is 4.81. The first-order chi connectivity index (χ1) is 13.1. The Balaban J connectivity index is 1.37. The Hall–Kier alpha value is -2.87. The van der Waals surface area contributed by atoms with Crippen molar-refractivity contribution in [3.63, 3.8) is 0 Å². The molecule has 0 saturated carbocycles. The van der Waals surface area contributed by atoms with Crippen molar-refractivity contribution < 1.29 is 32.5 Å². The van der Waals surface area contributed by atoms with Crippen LogP contribution in [0.25, 0.3) is 0 Å². The van der Waals surface area contributed by atoms with Gasteiger partial charge in [0.1, 0.15) is 30.1 Å². The van der Waals surface area contributed by atoms with Crippen LogP contribution < -0.4 is 14.2 Å². The summed E-state index contributed by atoms with van der Waals surface area (Å²) >= 11 is 0. The fraction of sp³-hybridized carbons (Fsp3) is 0.316. The molecule has 0 spiro atoms. The van der Waals surface area contributed by atoms with Gasteiger partial charge < -0.3 is 23.8 Å². The average molecular weight is 377 g/mol. The lowest BCUT2D eigenvalue weighted by Crippen LogP contribution is -2.47. The zero-order valence-electron chi connectivity index (χ0n) is 14.3. The quantitative estimate of drug-likeness (QED) is 0.820. The van der Waals surface area contributed by atoms with Crippen LogP contribution in [0.15, 0.2) is 36.4 Å². The molecule has 142 valence electrons. The molecule has 1 unspecified atom stereocenters. The number of amides is 1. The molecule has 2 aromatic rings. The van der Waals surface area contributed by atoms with Gasteiger partial charge in [-0.15, -0.1) is 0 Å². The molecule has 2 aliphatic heterocycles. The summed E-state index contributed by atoms with van der Waals surface area (Å²) in [4.78, 5) is 14.0. The summed E-state index contributed by atoms with van der Waals surface area (Å²) in [7, 11) is 0. The fourth-order valence-corrected chi connectivity index (χ4v) is 2.99. The van der Waals surface area contributed by atoms with Crippen LogP contribution in [0.5, 0.6) is 17.2 Å². The first kappa shape index (κ1) is 17.5. The van der Waals surface area contributed by atoms with Crippen LogP contribution in [-0.4, -0.2) is 50.0 Å². The predicted octanol–water partition coefficient (Wildman–Crippen LogP) is 2.61. The summed E-state index contributed by atoms with van der Waals surface area (Å²) in [6, 6.07) is 8.16. The van der Waals surface area contributed by atoms with Crippen molar-refractivity contribution in [1.82, 2.24) is 4.90 Å². The van der Waals surface area contributed by atoms with E-state index in [1.165, 1.54) is 4.90 Å². The number of rotatable bonds is 4. The third-order valence-corrected chi connectivity index (χ3v) is 4.37. The number of fused-ring (bicyclic) bond motifs is 1. The summed E-state index contributed by atoms with van der Waals surface area (Å²) in [5, 5.41) is 0. The molecule has 1 fully saturated rings. The van der Waals surface area contributed by atoms with Crippen LogP contribution in [0.3, 0.4) is 0 Å². The molecular weight excluding hydrogens is 360 g/mol. The van der Waals surface area contributed by atoms with E-state index in [-0.39, 0.29) is 31.6 Å². The highest BCUT2D eigenvalue weighted by Crippen LogP contribution is 2.35. The lowest BCUT2D eigenvalue weighted by molar-refractivity contribution is -0.0402. The Labute approximate surface area is 154 Å². The maximum Gasteiger partial charge on any atom is 0.257 e. The van der Waals surface area contributed by atoms with Gasteiger partial charge in [0.25, 0.3) is 5.91 Å². The van der Waals surface area contributed by atoms with Crippen molar-refractivity contribution >= 4 is 5.91 Å². The number of ether oxygens (including phenoxy) is 4. The third-order valence-electron chi connectivity index (χ3n) is 4.37. The van der Waals surface area contributed by atoms with Crippen molar-refractivity contribution in [2.75, 3.05) is 33.1 Å². The van der Waals surface area contributed by atoms with E-state index in [4.69, 9.17) is 18.9 Å². The lowest BCUT2D eigenvalue weighted by Gasteiger charge is -2.33. The SMILES string of the molecule is O=C(c1ccc(F)cc1F)N1CCOC(COc2ccc3c(c2)OCO3)C1. The van der Waals surface area contributed by atoms with Gasteiger partial charge >= 0.3 is 0 Å². The number of carbonyl (C=O) groups excluding carboxylic acids is 1. The Bertz CT molecular complexity index is 860. The Morgan fingerprint density at radius 1 is 1.15 bits per heavy atom. The van der Waals surface area contributed by atoms with E-state index in [1.807, 2.05) is 0 Å². The normalized spacial score (nSPS) is 18.4. The molecule has 0 bridgehead atoms. The number of hydrogen-bond acceptors (Lipinski definition) is 5. The summed E-state index contributed by atoms with van der Waals surface area (Å²) in [6.07, 6.45) is -0.364. The highest BCUT2D eigenvalue weighted by Gasteiger charge is 2.27. The maximum atomic E-state index is 13.9. The zero-order valence-corrected chi connectivity index (χ0v) is 14.3. The molecule has 4 rings (SSSR count). The van der Waals surface area contributed by atoms with Crippen molar-refractivity contribution in [3.8, 4) is 17.2 Å². The Morgan fingerprint density at radius 3 is 2.85 bits per heavy atom. The summed E-state index contributed by atoms with van der Waals surface area (Å²) < 4.78 is 48.8. The van der Waals surface area contributed by atoms with E-state index in [0.29, 0.717) is 36.5 Å². The average Bonchev–Trinajstić information content (AvgIpc) is 3.14. The van der Waals surface area contributed by atoms with E-state index in [1.54, 1.807) is 18.2 Å². The van der Waals surface area contributed by atoms with Crippen LogP contribution >= 0.6 is 0 Å². The van der Waals surface area contributed by atoms with Crippen LogP contribution in [0.1, 0.15) is 10.4 Å². The summed E-state index contributed by atoms with van der Waals surface area (Å²) in [5.74, 6) is -0.226. The second-order valence-electron chi connectivity index (χ2n) is 6.19. The number of morpholine rings is 1. The number of carbonyl (C=O) groups is 1. The largest absolute Gasteiger partial charge is 0.491 e. The molecule has 1 saturated heterocycles. The number of benzene rings is 2. The van der Waals surface area contributed by atoms with Crippen molar-refractivity contribution in [3.05, 3.63) is 53.6 Å². The number of hydrogen-bond donors (Lipinski definition) is 0. The third kappa shape index (κ3) is 3.80. The minimum absolute atomic E-state index is 0.159. The van der Waals surface area contributed by atoms with Crippen molar-refractivity contribution in [2.24, 2.45) is 0 Å². The molecule has 8 heteroatoms. The van der Waals surface area contributed by atoms with Gasteiger partial charge in [-0.3, -0.25) is 4.79 Å². The molecule has 2 aliphatic rings. The lowest BCUT2D eigenvalue weighted by atomic mass is 10.1. The van der Waals surface area contributed by atoms with Gasteiger partial charge in [0.2, 0.25) is 6.79 Å². The molecule has 1 atom stereocenters. The number of halogens is 2. The molecule has 0 aliphatic carbocycles. The van der Waals surface area contributed by atoms with Crippen LogP contribution in [0, 0.1) is 11.6 Å². The van der Waals surface area contributed by atoms with Gasteiger partial charge in [0.05, 0.1) is 18.7 Å². The standard InChI is InChI=1S/C19H17F2NO5/c20-12-1-3-15(16(21)7-12)19(23)22-5-6-24-14(9-22)10-25-13-2-4-17-18(8-13)27-11-26-17/h1-4,7-8,14H,5-6,9-11H2. The van der Waals surface area contributed by atoms with E-state index in [9.17, 15) is 13.6 Å². The molecule has 1 amide bonds. The second kappa shape index (κ2) is 7.40. The highest BCUT2D eigenvalue weighted by molar-refractivity contribution is 5.94. The van der Waals surface area contributed by atoms with E-state index in [2.05, 4.69) is 0 Å². The minimum Gasteiger partial charge on any atom is -0.491 e. The molecule has 2 heterocycles. The van der Waals surface area contributed by atoms with Crippen LogP contribution in [0.2, 0.25) is 0 Å². The van der Waals surface area contributed by atoms with Gasteiger partial charge in [-0.2, -0.15) is 0 Å². The zero-order chi connectivity index (χ0) is 18.8. The van der Waals surface area contributed by atoms with Gasteiger partial charge in [0.15, 0.2) is 11.5 Å². The second-order valence-corrected chi connectivity index (χ2v) is 6.19. The topological polar surface area (TPSA) is 57.2 Å². The molecule has 6 nitrogen and oxygen atoms in total. The summed E-state index contributed by atoms with van der Waals surface area (Å²) in [5.41, 5.74) is -0.159. The van der Waals surface area contributed by atoms with E-state index < -0.39 is 17.5 Å². The minimum atomic E-state index is -0.875. The fourth-order valence-electron chi connectivity index (χ4n) is 2.99. The Morgan fingerprint density at radius 2 is 2.00 bits per heavy atom. The maximum absolute atomic E-state index is 13.9. The van der Waals surface area contributed by atoms with E-state index >= 15 is 0 Å². The molecule has 0 N–H and O–H groups in total. The molecule has 2 aromatic carbocycles. The van der Waals surface area contributed by atoms with Gasteiger partial charge in [-0.1, -0.05) is 0 Å². The van der Waals surface area contributed by atoms with Gasteiger partial charge in [-0.05, 0) is 24.3 Å². The smallest absolute Gasteiger partial charge is 0.257 e. The van der Waals surface area contributed by atoms with Crippen LogP contribution in [0.4, 0.5) is 8.78 Å². The van der Waals surface area contributed by atoms with Gasteiger partial charge in [-0.25, -0.2) is 8.78 Å². The molecule has 0 radical (unpaired) electrons. The number of nitrogens with zero attached hydrogens (tertiary/aromatic N) is 1.